The Morgan fingerprint density at radius 2 is 2.19 bits per heavy atom. The van der Waals surface area contributed by atoms with Gasteiger partial charge in [-0.05, 0) is 18.6 Å². The Morgan fingerprint density at radius 3 is 2.90 bits per heavy atom. The molecule has 2 heterocycles. The molecule has 0 radical (unpaired) electrons. The second-order valence-electron chi connectivity index (χ2n) is 4.59. The Hall–Kier alpha value is -1.86. The van der Waals surface area contributed by atoms with Gasteiger partial charge in [0.25, 0.3) is 0 Å². The summed E-state index contributed by atoms with van der Waals surface area (Å²) in [6.45, 7) is 1.66. The summed E-state index contributed by atoms with van der Waals surface area (Å²) in [6.07, 6.45) is 4.68. The summed E-state index contributed by atoms with van der Waals surface area (Å²) in [5, 5.41) is 9.72. The Kier molecular flexibility index (Phi) is 5.77. The largest absolute Gasteiger partial charge is 0.383 e. The smallest absolute Gasteiger partial charge is 0.314 e. The van der Waals surface area contributed by atoms with Crippen molar-refractivity contribution in [2.75, 3.05) is 26.8 Å². The molecule has 2 aromatic heterocycles. The van der Waals surface area contributed by atoms with Gasteiger partial charge in [-0.25, -0.2) is 4.79 Å². The maximum Gasteiger partial charge on any atom is 0.314 e. The lowest BCUT2D eigenvalue weighted by Gasteiger charge is -2.06. The molecule has 0 spiro atoms. The lowest BCUT2D eigenvalue weighted by atomic mass is 10.3. The van der Waals surface area contributed by atoms with Gasteiger partial charge in [0.05, 0.1) is 12.8 Å². The number of nitrogens with one attached hydrogen (secondary N) is 2. The average Bonchev–Trinajstić information content (AvgIpc) is 3.08. The molecule has 0 aliphatic heterocycles. The topological polar surface area (TPSA) is 68.2 Å². The number of hydrogen-bond acceptors (Lipinski definition) is 4. The highest BCUT2D eigenvalue weighted by atomic mass is 32.1. The summed E-state index contributed by atoms with van der Waals surface area (Å²) in [5.74, 6) is 0. The molecule has 0 aliphatic carbocycles. The van der Waals surface area contributed by atoms with E-state index in [1.807, 2.05) is 19.4 Å². The third-order valence-corrected chi connectivity index (χ3v) is 4.09. The van der Waals surface area contributed by atoms with E-state index in [1.165, 1.54) is 9.75 Å². The van der Waals surface area contributed by atoms with Crippen molar-refractivity contribution in [1.82, 2.24) is 20.4 Å². The predicted octanol–water partition coefficient (Wildman–Crippen LogP) is 1.64. The van der Waals surface area contributed by atoms with Crippen LogP contribution in [0.15, 0.2) is 24.5 Å². The van der Waals surface area contributed by atoms with Crippen molar-refractivity contribution < 1.29 is 9.53 Å². The quantitative estimate of drug-likeness (QED) is 0.764. The van der Waals surface area contributed by atoms with Crippen LogP contribution in [0.4, 0.5) is 4.79 Å². The molecule has 6 nitrogen and oxygen atoms in total. The maximum absolute atomic E-state index is 11.5. The van der Waals surface area contributed by atoms with E-state index in [4.69, 9.17) is 4.74 Å². The van der Waals surface area contributed by atoms with E-state index < -0.39 is 0 Å². The van der Waals surface area contributed by atoms with Gasteiger partial charge >= 0.3 is 6.03 Å². The van der Waals surface area contributed by atoms with E-state index >= 15 is 0 Å². The number of carbonyl (C=O) groups excluding carboxylic acids is 1. The minimum atomic E-state index is -0.156. The number of rotatable bonds is 7. The van der Waals surface area contributed by atoms with Gasteiger partial charge in [-0.3, -0.25) is 4.68 Å². The van der Waals surface area contributed by atoms with Crippen molar-refractivity contribution in [3.05, 3.63) is 29.4 Å². The highest BCUT2D eigenvalue weighted by Crippen LogP contribution is 2.27. The molecule has 0 saturated carbocycles. The van der Waals surface area contributed by atoms with Crippen LogP contribution in [0, 0.1) is 0 Å². The number of nitrogens with zero attached hydrogens (tertiary/aromatic N) is 2. The molecule has 0 bridgehead atoms. The van der Waals surface area contributed by atoms with Crippen molar-refractivity contribution in [3.63, 3.8) is 0 Å². The van der Waals surface area contributed by atoms with E-state index in [0.29, 0.717) is 19.7 Å². The molecule has 0 unspecified atom stereocenters. The van der Waals surface area contributed by atoms with Crippen molar-refractivity contribution >= 4 is 17.4 Å². The van der Waals surface area contributed by atoms with Gasteiger partial charge in [0.2, 0.25) is 0 Å². The number of hydrogen-bond donors (Lipinski definition) is 2. The molecule has 0 aliphatic rings. The van der Waals surface area contributed by atoms with Crippen LogP contribution in [0.25, 0.3) is 10.4 Å². The van der Waals surface area contributed by atoms with Gasteiger partial charge in [0.1, 0.15) is 0 Å². The van der Waals surface area contributed by atoms with Crippen molar-refractivity contribution in [1.29, 1.82) is 0 Å². The van der Waals surface area contributed by atoms with Gasteiger partial charge < -0.3 is 15.4 Å². The summed E-state index contributed by atoms with van der Waals surface area (Å²) in [7, 11) is 3.51. The molecule has 114 valence electrons. The molecule has 7 heteroatoms. The Balaban J connectivity index is 1.74. The first-order valence-electron chi connectivity index (χ1n) is 6.77. The van der Waals surface area contributed by atoms with Crippen LogP contribution in [0.5, 0.6) is 0 Å². The molecule has 2 aromatic rings. The Bertz CT molecular complexity index is 579. The zero-order chi connectivity index (χ0) is 15.1. The fourth-order valence-electron chi connectivity index (χ4n) is 1.84. The molecule has 0 atom stereocenters. The molecule has 21 heavy (non-hydrogen) atoms. The highest BCUT2D eigenvalue weighted by molar-refractivity contribution is 7.15. The molecule has 2 rings (SSSR count). The Morgan fingerprint density at radius 1 is 1.38 bits per heavy atom. The number of methoxy groups -OCH3 is 1. The third kappa shape index (κ3) is 4.87. The first-order valence-corrected chi connectivity index (χ1v) is 7.59. The predicted molar refractivity (Wildman–Crippen MR) is 83.5 cm³/mol. The van der Waals surface area contributed by atoms with Crippen molar-refractivity contribution in [2.24, 2.45) is 7.05 Å². The third-order valence-electron chi connectivity index (χ3n) is 2.90. The normalized spacial score (nSPS) is 10.6. The first-order chi connectivity index (χ1) is 10.2. The van der Waals surface area contributed by atoms with Crippen molar-refractivity contribution in [2.45, 2.75) is 6.42 Å². The zero-order valence-electron chi connectivity index (χ0n) is 12.3. The molecule has 0 aromatic carbocycles. The number of aromatic nitrogens is 2. The van der Waals surface area contributed by atoms with Crippen LogP contribution in [0.3, 0.4) is 0 Å². The summed E-state index contributed by atoms with van der Waals surface area (Å²) in [6, 6.07) is 4.03. The first kappa shape index (κ1) is 15.5. The summed E-state index contributed by atoms with van der Waals surface area (Å²) < 4.78 is 6.66. The van der Waals surface area contributed by atoms with Crippen LogP contribution >= 0.6 is 11.3 Å². The van der Waals surface area contributed by atoms with E-state index in [0.717, 1.165) is 12.0 Å². The van der Waals surface area contributed by atoms with Crippen molar-refractivity contribution in [3.8, 4) is 10.4 Å². The fourth-order valence-corrected chi connectivity index (χ4v) is 2.83. The minimum Gasteiger partial charge on any atom is -0.383 e. The highest BCUT2D eigenvalue weighted by Gasteiger charge is 2.05. The Labute approximate surface area is 128 Å². The number of amides is 2. The van der Waals surface area contributed by atoms with Crippen LogP contribution < -0.4 is 10.6 Å². The standard InChI is InChI=1S/C14H20N4O2S/c1-18-10-11(9-17-18)13-4-3-12(21-13)5-6-15-14(19)16-7-8-20-2/h3-4,9-10H,5-8H2,1-2H3,(H2,15,16,19). The van der Waals surface area contributed by atoms with Gasteiger partial charge in [0.15, 0.2) is 0 Å². The summed E-state index contributed by atoms with van der Waals surface area (Å²) >= 11 is 1.73. The molecular formula is C14H20N4O2S. The van der Waals surface area contributed by atoms with E-state index in [1.54, 1.807) is 23.1 Å². The average molecular weight is 308 g/mol. The summed E-state index contributed by atoms with van der Waals surface area (Å²) in [4.78, 5) is 13.9. The second kappa shape index (κ2) is 7.80. The van der Waals surface area contributed by atoms with E-state index in [2.05, 4.69) is 27.9 Å². The lowest BCUT2D eigenvalue weighted by Crippen LogP contribution is -2.38. The van der Waals surface area contributed by atoms with Crippen LogP contribution in [0.2, 0.25) is 0 Å². The van der Waals surface area contributed by atoms with Gasteiger partial charge in [-0.1, -0.05) is 0 Å². The molecule has 0 saturated heterocycles. The number of ether oxygens (including phenoxy) is 1. The molecule has 0 fully saturated rings. The molecule has 2 amide bonds. The van der Waals surface area contributed by atoms with Crippen LogP contribution in [0.1, 0.15) is 4.88 Å². The van der Waals surface area contributed by atoms with E-state index in [-0.39, 0.29) is 6.03 Å². The number of urea groups is 1. The molecule has 2 N–H and O–H groups in total. The maximum atomic E-state index is 11.5. The number of carbonyl (C=O) groups is 1. The van der Waals surface area contributed by atoms with E-state index in [9.17, 15) is 4.79 Å². The monoisotopic (exact) mass is 308 g/mol. The SMILES string of the molecule is COCCNC(=O)NCCc1ccc(-c2cnn(C)c2)s1. The lowest BCUT2D eigenvalue weighted by molar-refractivity contribution is 0.196. The number of thiophene rings is 1. The van der Waals surface area contributed by atoms with Crippen LogP contribution in [-0.2, 0) is 18.2 Å². The fraction of sp³-hybridized carbons (Fsp3) is 0.429. The van der Waals surface area contributed by atoms with Gasteiger partial charge in [-0.15, -0.1) is 11.3 Å². The second-order valence-corrected chi connectivity index (χ2v) is 5.76. The van der Waals surface area contributed by atoms with Gasteiger partial charge in [0, 0.05) is 48.8 Å². The molecular weight excluding hydrogens is 288 g/mol. The van der Waals surface area contributed by atoms with Crippen LogP contribution in [-0.4, -0.2) is 42.6 Å². The number of aryl methyl sites for hydroxylation is 1. The van der Waals surface area contributed by atoms with Gasteiger partial charge in [-0.2, -0.15) is 5.10 Å². The zero-order valence-corrected chi connectivity index (χ0v) is 13.1. The minimum absolute atomic E-state index is 0.156. The summed E-state index contributed by atoms with van der Waals surface area (Å²) in [5.41, 5.74) is 1.12.